The number of nitrogens with two attached hydrogens (primary N) is 2. The number of carbonyl (C=O) groups excluding carboxylic acids is 2. The Balaban J connectivity index is 0.000000225. The van der Waals surface area contributed by atoms with Crippen LogP contribution in [0.2, 0.25) is 5.15 Å². The average Bonchev–Trinajstić information content (AvgIpc) is 1.75. The zero-order chi connectivity index (χ0) is 122. The first-order valence-electron chi connectivity index (χ1n) is 57.0. The largest absolute Gasteiger partial charge is 0.508 e. The predicted octanol–water partition coefficient (Wildman–Crippen LogP) is 10.6. The van der Waals surface area contributed by atoms with E-state index in [1.165, 1.54) is 94.6 Å². The fourth-order valence-corrected chi connectivity index (χ4v) is 14.8. The monoisotopic (exact) mass is 2040 g/mol. The number of carbonyl (C=O) groups is 2. The number of phenolic OH excluding ortho intramolecular Hbond substituents is 1. The van der Waals surface area contributed by atoms with Crippen molar-refractivity contribution in [3.05, 3.63) is 169 Å². The van der Waals surface area contributed by atoms with E-state index >= 15 is 0 Å². The first-order chi connectivity index (χ1) is 76.5. The van der Waals surface area contributed by atoms with Gasteiger partial charge in [0.25, 0.3) is 21.9 Å². The van der Waals surface area contributed by atoms with Crippen LogP contribution in [0.5, 0.6) is 23.0 Å². The number of oxazole rings is 2. The van der Waals surface area contributed by atoms with Crippen LogP contribution in [0.3, 0.4) is 0 Å². The van der Waals surface area contributed by atoms with Gasteiger partial charge in [-0.25, -0.2) is 34.5 Å². The number of fused-ring (bicyclic) bond motifs is 2. The SMILES string of the molecule is CN(CCN1CCN(c2ccc(O)cc2)CC1)C(=O)OC(C)(C)C.Cl.Nc1nc(Cl)cc2nc(-c3ncco3)nn12.[2H]C([2H])(OC)C([2H])([2H])OS(=O)(=O)c1ccc(C)cc1.[2H]C([2H])([2H])OC([2H])([2H])C([2H])([2H])Oc1ccc(N2CCN(CCN(C)C(=O)OC(C)(C)C)CC2)cc1.[2H]C([2H])([2H])OC([2H])([2H])C([2H])([2H])Oc1ccc(N2CCN(CCN(C)c3cc4nc(-c5ncco5)nn4c(N)n3)CC2)cc1.[2H]C([2H])([2H])OC([2H])([2H])C([2H])([2H])Oc1ccc(N2CCN(CCNC)CC2)cc1. The summed E-state index contributed by atoms with van der Waals surface area (Å²) in [5, 5.41) is 21.2. The number of aromatic hydroxyl groups is 1. The lowest BCUT2D eigenvalue weighted by molar-refractivity contribution is 0.0272. The highest BCUT2D eigenvalue weighted by Gasteiger charge is 2.28. The smallest absolute Gasteiger partial charge is 0.410 e. The summed E-state index contributed by atoms with van der Waals surface area (Å²) in [6.07, 6.45) is 5.30. The number of aromatic nitrogens is 10. The van der Waals surface area contributed by atoms with Gasteiger partial charge in [0.15, 0.2) is 11.3 Å². The van der Waals surface area contributed by atoms with Crippen LogP contribution >= 0.6 is 24.0 Å². The number of phenols is 1. The summed E-state index contributed by atoms with van der Waals surface area (Å²) < 4.78 is 269. The summed E-state index contributed by atoms with van der Waals surface area (Å²) in [5.74, 6) is 2.76. The number of nitrogens with zero attached hydrogens (tertiary/aromatic N) is 21. The van der Waals surface area contributed by atoms with E-state index in [-0.39, 0.29) is 63.8 Å². The maximum atomic E-state index is 12.1. The van der Waals surface area contributed by atoms with Gasteiger partial charge in [-0.2, -0.15) is 22.4 Å². The van der Waals surface area contributed by atoms with Gasteiger partial charge in [-0.15, -0.1) is 22.6 Å². The molecular formula is C97H142Cl2N24O17S. The van der Waals surface area contributed by atoms with E-state index in [0.717, 1.165) is 173 Å². The first-order valence-corrected chi connectivity index (χ1v) is 46.3. The van der Waals surface area contributed by atoms with E-state index < -0.39 is 94.9 Å². The number of likely N-dealkylation sites (N-methyl/N-ethyl adjacent to an activating group) is 4. The van der Waals surface area contributed by atoms with Crippen LogP contribution in [-0.4, -0.2) is 381 Å². The van der Waals surface area contributed by atoms with Crippen molar-refractivity contribution in [1.82, 2.24) is 83.8 Å². The molecule has 6 N–H and O–H groups in total. The van der Waals surface area contributed by atoms with Gasteiger partial charge >= 0.3 is 12.2 Å². The number of benzene rings is 5. The highest BCUT2D eigenvalue weighted by atomic mass is 35.5. The molecule has 4 saturated heterocycles. The second-order valence-corrected chi connectivity index (χ2v) is 35.6. The third-order valence-electron chi connectivity index (χ3n) is 21.3. The van der Waals surface area contributed by atoms with Crippen LogP contribution in [0.15, 0.2) is 172 Å². The molecule has 772 valence electrons. The van der Waals surface area contributed by atoms with E-state index in [1.807, 2.05) is 72.7 Å². The average molecular weight is 2040 g/mol. The fourth-order valence-electron chi connectivity index (χ4n) is 13.9. The lowest BCUT2D eigenvalue weighted by atomic mass is 10.2. The van der Waals surface area contributed by atoms with Crippen molar-refractivity contribution in [3.8, 4) is 46.4 Å². The minimum atomic E-state index is -4.42. The molecule has 4 aliphatic heterocycles. The van der Waals surface area contributed by atoms with Crippen LogP contribution in [-0.2, 0) is 42.7 Å². The normalized spacial score (nSPS) is 18.1. The highest BCUT2D eigenvalue weighted by Crippen LogP contribution is 2.28. The van der Waals surface area contributed by atoms with Crippen molar-refractivity contribution in [1.29, 1.82) is 0 Å². The standard InChI is InChI=1S/C24H31N9O3.C21H35N3O4.C18H29N3O3.C16H27N3O2.C10H14O4S.C8H5ClN6O.ClH/c1-30(20-17-21-27-22(23-26-7-14-36-23)29-33(21)24(25)28-20)8-9-31-10-12-32(13-11-31)18-3-5-19(6-4-18)35-16-15-34-2;1-21(2,3)28-20(25)22(4)10-11-23-12-14-24(15-13-23)18-6-8-19(9-7-18)27-17-16-26-5;1-18(2,3)24-17(23)19(4)9-10-20-11-13-21(14-12-20)15-5-7-16(22)8-6-15;1-17-7-8-18-9-11-19(12-10-18)15-3-5-16(6-4-15)21-14-13-20-2;1-9-3-5-10(6-4-9)15(11,12)14-8-7-13-2;9-4-3-5-13-6(7-11-1-2-16-7)14-15(5)8(10)12-4;/h3-7,14,17H,8-13,15-16H2,1-2H3,(H2,25,28);6-9H,10-17H2,1-5H3;5-8,22H,9-14H2,1-4H3;3-6,17H,7-14H2,1-2H3;3-6H,7-8H2,1-2H3;1-3H,(H2,10,12);1H/i2D3,15D2,16D2;5D3,16D2,17D2;;2D3,13D2,14D2;7D2,8D2;;. The molecule has 0 radical (unpaired) electrons. The molecule has 2 amide bonds. The van der Waals surface area contributed by atoms with Crippen molar-refractivity contribution in [2.75, 3.05) is 302 Å². The molecule has 5 aromatic carbocycles. The van der Waals surface area contributed by atoms with Gasteiger partial charge in [-0.05, 0) is 165 Å². The number of piperazine rings is 4. The van der Waals surface area contributed by atoms with Gasteiger partial charge in [0, 0.05) is 241 Å². The number of hydrogen-bond donors (Lipinski definition) is 4. The summed E-state index contributed by atoms with van der Waals surface area (Å²) in [4.78, 5) is 72.2. The molecule has 0 saturated carbocycles. The lowest BCUT2D eigenvalue weighted by Crippen LogP contribution is -2.49. The lowest BCUT2D eigenvalue weighted by Gasteiger charge is -2.36. The number of amides is 2. The number of halogens is 2. The molecular weight excluding hydrogens is 1880 g/mol. The number of anilines is 7. The van der Waals surface area contributed by atoms with Crippen molar-refractivity contribution >= 4 is 98.1 Å². The van der Waals surface area contributed by atoms with Gasteiger partial charge in [0.1, 0.15) is 77.4 Å². The zero-order valence-electron chi connectivity index (χ0n) is 106. The van der Waals surface area contributed by atoms with Crippen molar-refractivity contribution in [3.63, 3.8) is 0 Å². The summed E-state index contributed by atoms with van der Waals surface area (Å²) in [6, 6.07) is 35.9. The van der Waals surface area contributed by atoms with Crippen molar-refractivity contribution in [2.24, 2.45) is 0 Å². The Morgan fingerprint density at radius 3 is 1.22 bits per heavy atom. The van der Waals surface area contributed by atoms with Crippen molar-refractivity contribution < 1.29 is 113 Å². The topological polar surface area (TPSA) is 419 Å². The van der Waals surface area contributed by atoms with E-state index in [1.54, 1.807) is 91.5 Å². The molecule has 141 heavy (non-hydrogen) atoms. The molecule has 11 aromatic rings. The number of nitrogen functional groups attached to an aromatic ring is 2. The van der Waals surface area contributed by atoms with E-state index in [4.69, 9.17) is 89.9 Å². The third kappa shape index (κ3) is 37.8. The van der Waals surface area contributed by atoms with Crippen molar-refractivity contribution in [2.45, 2.75) is 64.6 Å². The number of aryl methyl sites for hydroxylation is 1. The summed E-state index contributed by atoms with van der Waals surface area (Å²) in [5.41, 5.74) is 16.5. The van der Waals surface area contributed by atoms with E-state index in [0.29, 0.717) is 65.9 Å². The fraction of sp³-hybridized carbons (Fsp3) is 0.505. The van der Waals surface area contributed by atoms with Crippen LogP contribution in [0.25, 0.3) is 34.7 Å². The quantitative estimate of drug-likeness (QED) is 0.0209. The Labute approximate surface area is 873 Å². The number of rotatable bonds is 36. The number of hydrogen-bond acceptors (Lipinski definition) is 37. The molecule has 0 bridgehead atoms. The number of nitrogens with one attached hydrogen (secondary N) is 1. The van der Waals surface area contributed by atoms with Gasteiger partial charge in [0.05, 0.1) is 84.4 Å². The molecule has 0 spiro atoms. The van der Waals surface area contributed by atoms with Gasteiger partial charge < -0.3 is 108 Å². The number of ether oxygens (including phenoxy) is 9. The number of methoxy groups -OCH3 is 4. The van der Waals surface area contributed by atoms with E-state index in [9.17, 15) is 23.1 Å². The molecule has 4 aliphatic rings. The second-order valence-electron chi connectivity index (χ2n) is 33.6. The van der Waals surface area contributed by atoms with E-state index in [2.05, 4.69) is 108 Å². The molecule has 10 heterocycles. The van der Waals surface area contributed by atoms with Gasteiger partial charge in [-0.1, -0.05) is 29.3 Å². The summed E-state index contributed by atoms with van der Waals surface area (Å²) in [7, 11) is -5.46. The van der Waals surface area contributed by atoms with Crippen LogP contribution < -0.4 is 55.5 Å². The molecule has 4 fully saturated rings. The van der Waals surface area contributed by atoms with Gasteiger partial charge in [0.2, 0.25) is 23.5 Å². The van der Waals surface area contributed by atoms with Crippen LogP contribution in [0, 0.1) is 6.92 Å². The third-order valence-corrected chi connectivity index (χ3v) is 22.7. The molecule has 0 unspecified atom stereocenters. The summed E-state index contributed by atoms with van der Waals surface area (Å²) >= 11 is 5.75. The predicted molar refractivity (Wildman–Crippen MR) is 549 cm³/mol. The summed E-state index contributed by atoms with van der Waals surface area (Å²) in [6.45, 7) is 8.26. The zero-order valence-corrected chi connectivity index (χ0v) is 83.1. The van der Waals surface area contributed by atoms with Crippen LogP contribution in [0.4, 0.5) is 50.1 Å². The Bertz CT molecular complexity index is 6730. The first kappa shape index (κ1) is 80.6. The molecule has 15 rings (SSSR count). The minimum Gasteiger partial charge on any atom is -0.508 e. The Kier molecular flexibility index (Phi) is 32.7. The Hall–Kier alpha value is -11.9. The minimum absolute atomic E-state index is 0. The molecule has 0 aliphatic carbocycles. The highest BCUT2D eigenvalue weighted by molar-refractivity contribution is 7.86. The Morgan fingerprint density at radius 1 is 0.496 bits per heavy atom. The van der Waals surface area contributed by atoms with Crippen LogP contribution in [0.1, 0.15) is 81.4 Å². The van der Waals surface area contributed by atoms with Gasteiger partial charge in [-0.3, -0.25) is 23.8 Å². The molecule has 44 heteroatoms. The molecule has 0 atom stereocenters. The molecule has 6 aromatic heterocycles. The second kappa shape index (κ2) is 57.3. The molecule has 41 nitrogen and oxygen atoms in total. The Morgan fingerprint density at radius 2 is 0.858 bits per heavy atom. The maximum Gasteiger partial charge on any atom is 0.410 e. The maximum absolute atomic E-state index is 12.1.